The van der Waals surface area contributed by atoms with E-state index in [9.17, 15) is 8.63 Å². The van der Waals surface area contributed by atoms with Gasteiger partial charge in [-0.15, -0.1) is 0 Å². The van der Waals surface area contributed by atoms with E-state index in [2.05, 4.69) is 9.97 Å². The second-order valence-corrected chi connectivity index (χ2v) is 1.47. The molecule has 0 bridgehead atoms. The van der Waals surface area contributed by atoms with Gasteiger partial charge in [0.1, 0.15) is 6.33 Å². The fraction of sp³-hybridized carbons (Fsp3) is 0. The number of aromatic nitrogens is 2. The first kappa shape index (κ1) is 6.13. The summed E-state index contributed by atoms with van der Waals surface area (Å²) in [7, 11) is -2.47. The highest BCUT2D eigenvalue weighted by atomic mass is 19.2. The lowest BCUT2D eigenvalue weighted by Gasteiger charge is -1.88. The summed E-state index contributed by atoms with van der Waals surface area (Å²) in [6.07, 6.45) is 3.40. The summed E-state index contributed by atoms with van der Waals surface area (Å²) in [6.45, 7) is 0. The minimum Gasteiger partial charge on any atom is -0.281 e. The SMILES string of the molecule is FB(F)c1cncnc1. The Bertz CT molecular complexity index is 179. The van der Waals surface area contributed by atoms with E-state index < -0.39 is 7.27 Å². The third kappa shape index (κ3) is 1.45. The minimum atomic E-state index is -2.47. The topological polar surface area (TPSA) is 25.8 Å². The first-order chi connectivity index (χ1) is 4.30. The molecular weight excluding hydrogens is 125 g/mol. The zero-order chi connectivity index (χ0) is 6.69. The molecule has 0 spiro atoms. The number of hydrogen-bond donors (Lipinski definition) is 0. The highest BCUT2D eigenvalue weighted by Crippen LogP contribution is 1.84. The van der Waals surface area contributed by atoms with Crippen molar-refractivity contribution < 1.29 is 8.63 Å². The fourth-order valence-electron chi connectivity index (χ4n) is 0.423. The van der Waals surface area contributed by atoms with Gasteiger partial charge in [0.15, 0.2) is 0 Å². The molecule has 0 aliphatic rings. The van der Waals surface area contributed by atoms with Crippen molar-refractivity contribution in [2.45, 2.75) is 0 Å². The molecule has 2 nitrogen and oxygen atoms in total. The summed E-state index contributed by atoms with van der Waals surface area (Å²) in [4.78, 5) is 6.83. The molecular formula is C4H3BF2N2. The lowest BCUT2D eigenvalue weighted by molar-refractivity contribution is 0.684. The van der Waals surface area contributed by atoms with Crippen molar-refractivity contribution in [1.82, 2.24) is 9.97 Å². The van der Waals surface area contributed by atoms with Crippen LogP contribution in [0.2, 0.25) is 0 Å². The van der Waals surface area contributed by atoms with Gasteiger partial charge in [0.25, 0.3) is 0 Å². The molecule has 0 N–H and O–H groups in total. The smallest absolute Gasteiger partial charge is 0.281 e. The van der Waals surface area contributed by atoms with Gasteiger partial charge < -0.3 is 0 Å². The highest BCUT2D eigenvalue weighted by molar-refractivity contribution is 6.59. The van der Waals surface area contributed by atoms with E-state index in [0.29, 0.717) is 0 Å². The van der Waals surface area contributed by atoms with Crippen molar-refractivity contribution in [2.24, 2.45) is 0 Å². The lowest BCUT2D eigenvalue weighted by Crippen LogP contribution is -2.20. The van der Waals surface area contributed by atoms with Crippen LogP contribution in [0.15, 0.2) is 18.7 Å². The fourth-order valence-corrected chi connectivity index (χ4v) is 0.423. The third-order valence-corrected chi connectivity index (χ3v) is 0.833. The zero-order valence-corrected chi connectivity index (χ0v) is 4.46. The predicted molar refractivity (Wildman–Crippen MR) is 29.6 cm³/mol. The predicted octanol–water partition coefficient (Wildman–Crippen LogP) is 0.111. The van der Waals surface area contributed by atoms with Crippen LogP contribution in [-0.2, 0) is 0 Å². The molecule has 46 valence electrons. The van der Waals surface area contributed by atoms with Crippen molar-refractivity contribution >= 4 is 12.7 Å². The Labute approximate surface area is 51.1 Å². The number of nitrogens with zero attached hydrogens (tertiary/aromatic N) is 2. The van der Waals surface area contributed by atoms with Gasteiger partial charge in [-0.2, -0.15) is 0 Å². The normalized spacial score (nSPS) is 9.11. The molecule has 0 saturated heterocycles. The summed E-state index contributed by atoms with van der Waals surface area (Å²) in [5.41, 5.74) is -0.141. The molecule has 0 atom stereocenters. The second kappa shape index (κ2) is 2.52. The van der Waals surface area contributed by atoms with Crippen molar-refractivity contribution in [3.05, 3.63) is 18.7 Å². The monoisotopic (exact) mass is 128 g/mol. The molecule has 0 saturated carbocycles. The summed E-state index contributed by atoms with van der Waals surface area (Å²) >= 11 is 0. The van der Waals surface area contributed by atoms with E-state index in [1.807, 2.05) is 0 Å². The maximum atomic E-state index is 11.7. The molecule has 0 radical (unpaired) electrons. The average molecular weight is 128 g/mol. The number of rotatable bonds is 1. The van der Waals surface area contributed by atoms with Gasteiger partial charge in [0.05, 0.1) is 0 Å². The Hall–Kier alpha value is -0.995. The first-order valence-electron chi connectivity index (χ1n) is 2.34. The van der Waals surface area contributed by atoms with Crippen LogP contribution in [0.25, 0.3) is 0 Å². The molecule has 0 fully saturated rings. The van der Waals surface area contributed by atoms with Gasteiger partial charge in [0, 0.05) is 17.9 Å². The zero-order valence-electron chi connectivity index (χ0n) is 4.46. The molecule has 9 heavy (non-hydrogen) atoms. The van der Waals surface area contributed by atoms with Gasteiger partial charge in [0.2, 0.25) is 0 Å². The van der Waals surface area contributed by atoms with Crippen LogP contribution in [0.1, 0.15) is 0 Å². The standard InChI is InChI=1S/C4H3BF2N2/c6-5(7)4-1-8-3-9-2-4/h1-3H. The van der Waals surface area contributed by atoms with Gasteiger partial charge in [-0.25, -0.2) is 9.97 Å². The van der Waals surface area contributed by atoms with Crippen molar-refractivity contribution in [1.29, 1.82) is 0 Å². The molecule has 0 unspecified atom stereocenters. The Morgan fingerprint density at radius 1 is 1.22 bits per heavy atom. The van der Waals surface area contributed by atoms with Crippen LogP contribution < -0.4 is 5.46 Å². The van der Waals surface area contributed by atoms with Gasteiger partial charge in [-0.1, -0.05) is 0 Å². The number of hydrogen-bond acceptors (Lipinski definition) is 2. The molecule has 5 heteroatoms. The quantitative estimate of drug-likeness (QED) is 0.501. The Morgan fingerprint density at radius 3 is 2.11 bits per heavy atom. The molecule has 0 aliphatic carbocycles. The lowest BCUT2D eigenvalue weighted by atomic mass is 9.89. The van der Waals surface area contributed by atoms with Crippen LogP contribution in [0.3, 0.4) is 0 Å². The summed E-state index contributed by atoms with van der Waals surface area (Å²) in [5, 5.41) is 0. The van der Waals surface area contributed by atoms with E-state index in [4.69, 9.17) is 0 Å². The van der Waals surface area contributed by atoms with E-state index in [-0.39, 0.29) is 5.46 Å². The van der Waals surface area contributed by atoms with E-state index in [1.165, 1.54) is 6.33 Å². The van der Waals surface area contributed by atoms with E-state index in [1.54, 1.807) is 0 Å². The maximum absolute atomic E-state index is 11.7. The first-order valence-corrected chi connectivity index (χ1v) is 2.34. The molecule has 1 heterocycles. The molecule has 0 aliphatic heterocycles. The van der Waals surface area contributed by atoms with Gasteiger partial charge >= 0.3 is 7.27 Å². The largest absolute Gasteiger partial charge is 0.575 e. The van der Waals surface area contributed by atoms with Crippen LogP contribution in [-0.4, -0.2) is 17.2 Å². The molecule has 1 aromatic rings. The van der Waals surface area contributed by atoms with Crippen molar-refractivity contribution in [3.63, 3.8) is 0 Å². The highest BCUT2D eigenvalue weighted by Gasteiger charge is 2.15. The Morgan fingerprint density at radius 2 is 1.78 bits per heavy atom. The summed E-state index contributed by atoms with van der Waals surface area (Å²) < 4.78 is 23.4. The average Bonchev–Trinajstić information content (AvgIpc) is 1.90. The van der Waals surface area contributed by atoms with Crippen molar-refractivity contribution in [2.75, 3.05) is 0 Å². The van der Waals surface area contributed by atoms with Crippen LogP contribution in [0, 0.1) is 0 Å². The molecule has 0 aromatic carbocycles. The molecule has 1 aromatic heterocycles. The van der Waals surface area contributed by atoms with Crippen molar-refractivity contribution in [3.8, 4) is 0 Å². The number of halogens is 2. The van der Waals surface area contributed by atoms with Gasteiger partial charge in [-0.05, 0) is 0 Å². The third-order valence-electron chi connectivity index (χ3n) is 0.833. The van der Waals surface area contributed by atoms with E-state index in [0.717, 1.165) is 12.4 Å². The maximum Gasteiger partial charge on any atom is 0.575 e. The summed E-state index contributed by atoms with van der Waals surface area (Å²) in [6, 6.07) is 0. The second-order valence-electron chi connectivity index (χ2n) is 1.47. The van der Waals surface area contributed by atoms with E-state index >= 15 is 0 Å². The minimum absolute atomic E-state index is 0.141. The van der Waals surface area contributed by atoms with Gasteiger partial charge in [-0.3, -0.25) is 8.63 Å². The Balaban J connectivity index is 2.85. The molecule has 0 amide bonds. The Kier molecular flexibility index (Phi) is 1.72. The van der Waals surface area contributed by atoms with Crippen LogP contribution >= 0.6 is 0 Å². The van der Waals surface area contributed by atoms with Crippen LogP contribution in [0.5, 0.6) is 0 Å². The summed E-state index contributed by atoms with van der Waals surface area (Å²) in [5.74, 6) is 0. The molecule has 1 rings (SSSR count). The van der Waals surface area contributed by atoms with Crippen LogP contribution in [0.4, 0.5) is 8.63 Å².